The van der Waals surface area contributed by atoms with Gasteiger partial charge in [-0.3, -0.25) is 0 Å². The molecule has 30 heavy (non-hydrogen) atoms. The molecule has 0 bridgehead atoms. The van der Waals surface area contributed by atoms with Crippen molar-refractivity contribution in [2.45, 2.75) is 4.90 Å². The Morgan fingerprint density at radius 1 is 1.00 bits per heavy atom. The summed E-state index contributed by atoms with van der Waals surface area (Å²) in [6, 6.07) is 14.0. The van der Waals surface area contributed by atoms with Crippen molar-refractivity contribution < 1.29 is 17.9 Å². The highest BCUT2D eigenvalue weighted by atomic mass is 32.2. The van der Waals surface area contributed by atoms with Crippen LogP contribution in [-0.2, 0) is 9.84 Å². The van der Waals surface area contributed by atoms with Crippen molar-refractivity contribution in [1.29, 1.82) is 0 Å². The van der Waals surface area contributed by atoms with Crippen LogP contribution in [0.4, 0.5) is 11.6 Å². The van der Waals surface area contributed by atoms with Crippen molar-refractivity contribution in [3.63, 3.8) is 0 Å². The average molecular weight is 424 g/mol. The zero-order valence-electron chi connectivity index (χ0n) is 16.7. The van der Waals surface area contributed by atoms with E-state index < -0.39 is 9.84 Å². The molecule has 0 saturated carbocycles. The van der Waals surface area contributed by atoms with Crippen LogP contribution < -0.4 is 14.8 Å². The molecule has 0 atom stereocenters. The summed E-state index contributed by atoms with van der Waals surface area (Å²) >= 11 is 0. The van der Waals surface area contributed by atoms with Gasteiger partial charge in [0.1, 0.15) is 17.1 Å². The van der Waals surface area contributed by atoms with E-state index in [9.17, 15) is 8.42 Å². The molecule has 0 spiro atoms. The average Bonchev–Trinajstić information content (AvgIpc) is 3.16. The molecule has 0 unspecified atom stereocenters. The van der Waals surface area contributed by atoms with Crippen LogP contribution >= 0.6 is 0 Å². The van der Waals surface area contributed by atoms with Crippen molar-refractivity contribution in [3.05, 3.63) is 60.9 Å². The summed E-state index contributed by atoms with van der Waals surface area (Å²) in [4.78, 5) is 9.27. The van der Waals surface area contributed by atoms with Crippen molar-refractivity contribution in [2.24, 2.45) is 0 Å². The van der Waals surface area contributed by atoms with Crippen LogP contribution in [0.1, 0.15) is 0 Å². The Hall–Kier alpha value is -3.59. The lowest BCUT2D eigenvalue weighted by atomic mass is 10.2. The van der Waals surface area contributed by atoms with Gasteiger partial charge in [0.2, 0.25) is 5.95 Å². The zero-order chi connectivity index (χ0) is 21.3. The molecule has 0 saturated heterocycles. The van der Waals surface area contributed by atoms with Crippen molar-refractivity contribution in [2.75, 3.05) is 25.8 Å². The maximum atomic E-state index is 11.7. The van der Waals surface area contributed by atoms with Gasteiger partial charge in [-0.25, -0.2) is 13.4 Å². The first-order valence-corrected chi connectivity index (χ1v) is 10.9. The van der Waals surface area contributed by atoms with E-state index in [4.69, 9.17) is 9.47 Å². The summed E-state index contributed by atoms with van der Waals surface area (Å²) in [6.07, 6.45) is 4.78. The zero-order valence-corrected chi connectivity index (χ0v) is 17.5. The Kier molecular flexibility index (Phi) is 5.04. The number of sulfone groups is 1. The van der Waals surface area contributed by atoms with E-state index >= 15 is 0 Å². The number of anilines is 2. The summed E-state index contributed by atoms with van der Waals surface area (Å²) < 4.78 is 35.9. The summed E-state index contributed by atoms with van der Waals surface area (Å²) in [5.74, 6) is 1.68. The lowest BCUT2D eigenvalue weighted by Gasteiger charge is -2.12. The molecule has 0 aliphatic carbocycles. The molecule has 4 aromatic rings. The number of fused-ring (bicyclic) bond motifs is 1. The molecule has 2 aromatic heterocycles. The second kappa shape index (κ2) is 7.68. The number of aromatic nitrogens is 3. The molecule has 0 radical (unpaired) electrons. The van der Waals surface area contributed by atoms with E-state index in [0.29, 0.717) is 28.8 Å². The van der Waals surface area contributed by atoms with E-state index in [2.05, 4.69) is 15.3 Å². The Bertz CT molecular complexity index is 1310. The van der Waals surface area contributed by atoms with Crippen LogP contribution in [-0.4, -0.2) is 43.4 Å². The Morgan fingerprint density at radius 2 is 1.77 bits per heavy atom. The van der Waals surface area contributed by atoms with E-state index in [-0.39, 0.29) is 4.90 Å². The van der Waals surface area contributed by atoms with Gasteiger partial charge in [-0.2, -0.15) is 4.98 Å². The quantitative estimate of drug-likeness (QED) is 0.505. The van der Waals surface area contributed by atoms with Crippen LogP contribution in [0.5, 0.6) is 11.5 Å². The third kappa shape index (κ3) is 3.79. The summed E-state index contributed by atoms with van der Waals surface area (Å²) in [6.45, 7) is 0. The number of ether oxygens (including phenoxy) is 2. The maximum Gasteiger partial charge on any atom is 0.229 e. The fourth-order valence-electron chi connectivity index (χ4n) is 3.06. The minimum atomic E-state index is -3.25. The van der Waals surface area contributed by atoms with Crippen LogP contribution in [0.2, 0.25) is 0 Å². The first-order chi connectivity index (χ1) is 14.4. The van der Waals surface area contributed by atoms with Gasteiger partial charge in [-0.1, -0.05) is 0 Å². The lowest BCUT2D eigenvalue weighted by molar-refractivity contribution is 0.395. The standard InChI is InChI=1S/C21H20N4O4S/c1-28-16-6-9-18(19(12-16)29-2)23-21-22-13-14-10-11-25(20(14)24-21)15-4-7-17(8-5-15)30(3,26)27/h4-13H,1-3H3,(H,22,23,24). The van der Waals surface area contributed by atoms with Crippen LogP contribution in [0, 0.1) is 0 Å². The lowest BCUT2D eigenvalue weighted by Crippen LogP contribution is -2.02. The molecule has 0 fully saturated rings. The van der Waals surface area contributed by atoms with Gasteiger partial charge in [0, 0.05) is 35.8 Å². The molecule has 1 N–H and O–H groups in total. The highest BCUT2D eigenvalue weighted by Gasteiger charge is 2.11. The predicted molar refractivity (Wildman–Crippen MR) is 115 cm³/mol. The molecule has 0 aliphatic rings. The Morgan fingerprint density at radius 3 is 2.43 bits per heavy atom. The van der Waals surface area contributed by atoms with Crippen molar-refractivity contribution in [1.82, 2.24) is 14.5 Å². The predicted octanol–water partition coefficient (Wildman–Crippen LogP) is 3.58. The minimum Gasteiger partial charge on any atom is -0.497 e. The molecule has 0 aliphatic heterocycles. The maximum absolute atomic E-state index is 11.7. The third-order valence-corrected chi connectivity index (χ3v) is 5.75. The monoisotopic (exact) mass is 424 g/mol. The number of rotatable bonds is 6. The van der Waals surface area contributed by atoms with Crippen molar-refractivity contribution in [3.8, 4) is 17.2 Å². The molecule has 2 heterocycles. The molecule has 9 heteroatoms. The van der Waals surface area contributed by atoms with E-state index in [1.54, 1.807) is 50.7 Å². The van der Waals surface area contributed by atoms with E-state index in [1.165, 1.54) is 6.26 Å². The molecule has 8 nitrogen and oxygen atoms in total. The van der Waals surface area contributed by atoms with Crippen LogP contribution in [0.25, 0.3) is 16.7 Å². The smallest absolute Gasteiger partial charge is 0.229 e. The number of nitrogens with zero attached hydrogens (tertiary/aromatic N) is 3. The molecular weight excluding hydrogens is 404 g/mol. The topological polar surface area (TPSA) is 95.3 Å². The fraction of sp³-hybridized carbons (Fsp3) is 0.143. The second-order valence-electron chi connectivity index (χ2n) is 6.62. The van der Waals surface area contributed by atoms with Crippen LogP contribution in [0.3, 0.4) is 0 Å². The normalized spacial score (nSPS) is 11.4. The molecule has 2 aromatic carbocycles. The molecular formula is C21H20N4O4S. The highest BCUT2D eigenvalue weighted by Crippen LogP contribution is 2.31. The summed E-state index contributed by atoms with van der Waals surface area (Å²) in [5.41, 5.74) is 2.18. The summed E-state index contributed by atoms with van der Waals surface area (Å²) in [7, 11) is -0.0781. The molecule has 4 rings (SSSR count). The molecule has 0 amide bonds. The SMILES string of the molecule is COc1ccc(Nc2ncc3ccn(-c4ccc(S(C)(=O)=O)cc4)c3n2)c(OC)c1. The number of methoxy groups -OCH3 is 2. The number of nitrogens with one attached hydrogen (secondary N) is 1. The second-order valence-corrected chi connectivity index (χ2v) is 8.63. The Balaban J connectivity index is 1.70. The molecule has 154 valence electrons. The third-order valence-electron chi connectivity index (χ3n) is 4.63. The van der Waals surface area contributed by atoms with Crippen molar-refractivity contribution >= 4 is 32.5 Å². The van der Waals surface area contributed by atoms with Gasteiger partial charge in [-0.15, -0.1) is 0 Å². The van der Waals surface area contributed by atoms with E-state index in [0.717, 1.165) is 11.1 Å². The first kappa shape index (κ1) is 19.7. The number of hydrogen-bond donors (Lipinski definition) is 1. The largest absolute Gasteiger partial charge is 0.497 e. The fourth-order valence-corrected chi connectivity index (χ4v) is 3.69. The Labute approximate surface area is 174 Å². The van der Waals surface area contributed by atoms with Gasteiger partial charge in [-0.05, 0) is 42.5 Å². The van der Waals surface area contributed by atoms with Gasteiger partial charge >= 0.3 is 0 Å². The first-order valence-electron chi connectivity index (χ1n) is 9.02. The highest BCUT2D eigenvalue weighted by molar-refractivity contribution is 7.90. The summed E-state index contributed by atoms with van der Waals surface area (Å²) in [5, 5.41) is 4.02. The van der Waals surface area contributed by atoms with Gasteiger partial charge in [0.25, 0.3) is 0 Å². The van der Waals surface area contributed by atoms with Crippen LogP contribution in [0.15, 0.2) is 65.8 Å². The van der Waals surface area contributed by atoms with Gasteiger partial charge < -0.3 is 19.4 Å². The van der Waals surface area contributed by atoms with Gasteiger partial charge in [0.15, 0.2) is 9.84 Å². The number of benzene rings is 2. The number of hydrogen-bond acceptors (Lipinski definition) is 7. The van der Waals surface area contributed by atoms with Gasteiger partial charge in [0.05, 0.1) is 24.8 Å². The van der Waals surface area contributed by atoms with E-state index in [1.807, 2.05) is 29.0 Å². The minimum absolute atomic E-state index is 0.270.